The second-order valence-electron chi connectivity index (χ2n) is 12.7. The van der Waals surface area contributed by atoms with Crippen LogP contribution in [0, 0.1) is 5.92 Å². The zero-order chi connectivity index (χ0) is 31.3. The number of hydrogen-bond acceptors (Lipinski definition) is 7. The van der Waals surface area contributed by atoms with E-state index >= 15 is 0 Å². The molecule has 0 aliphatic heterocycles. The van der Waals surface area contributed by atoms with E-state index in [1.165, 1.54) is 64.2 Å². The number of likely N-dealkylation sites (N-methyl/N-ethyl adjacent to an activating group) is 1. The Morgan fingerprint density at radius 1 is 0.814 bits per heavy atom. The molecule has 43 heavy (non-hydrogen) atoms. The number of unbranched alkanes of at least 4 members (excludes halogenated alkanes) is 10. The lowest BCUT2D eigenvalue weighted by Gasteiger charge is -2.38. The van der Waals surface area contributed by atoms with Crippen LogP contribution in [0.4, 0.5) is 0 Å². The molecule has 7 heteroatoms. The fourth-order valence-corrected chi connectivity index (χ4v) is 6.06. The first-order chi connectivity index (χ1) is 20.9. The summed E-state index contributed by atoms with van der Waals surface area (Å²) in [6.07, 6.45) is 17.9. The molecule has 3 atom stereocenters. The van der Waals surface area contributed by atoms with Crippen LogP contribution in [0.3, 0.4) is 0 Å². The molecule has 0 amide bonds. The van der Waals surface area contributed by atoms with Crippen molar-refractivity contribution in [1.82, 2.24) is 16.0 Å². The van der Waals surface area contributed by atoms with Crippen LogP contribution in [0.25, 0.3) is 0 Å². The minimum absolute atomic E-state index is 0.0851. The highest BCUT2D eigenvalue weighted by Crippen LogP contribution is 2.36. The normalized spacial score (nSPS) is 20.4. The third-order valence-electron chi connectivity index (χ3n) is 8.63. The molecule has 3 unspecified atom stereocenters. The van der Waals surface area contributed by atoms with Crippen molar-refractivity contribution in [3.8, 4) is 0 Å². The van der Waals surface area contributed by atoms with Gasteiger partial charge in [0.25, 0.3) is 0 Å². The van der Waals surface area contributed by atoms with E-state index in [1.807, 2.05) is 7.05 Å². The highest BCUT2D eigenvalue weighted by Gasteiger charge is 2.33. The van der Waals surface area contributed by atoms with Gasteiger partial charge in [0.15, 0.2) is 6.29 Å². The Morgan fingerprint density at radius 3 is 2.00 bits per heavy atom. The molecule has 2 rings (SSSR count). The molecule has 1 saturated carbocycles. The molecule has 1 fully saturated rings. The number of carbonyl (C=O) groups excluding carboxylic acids is 1. The molecule has 0 bridgehead atoms. The highest BCUT2D eigenvalue weighted by atomic mass is 16.7. The van der Waals surface area contributed by atoms with E-state index in [4.69, 9.17) is 14.2 Å². The van der Waals surface area contributed by atoms with Crippen molar-refractivity contribution >= 4 is 5.97 Å². The van der Waals surface area contributed by atoms with Gasteiger partial charge < -0.3 is 30.2 Å². The SMILES string of the molecule is C=C1C(=C)C(NC2CC(C)CC(OC(=O)CCC(OCCCCCCCC)OCCCCCCCC)C2)=C1NCCNC. The van der Waals surface area contributed by atoms with Gasteiger partial charge in [-0.05, 0) is 38.6 Å². The molecular weight excluding hydrogens is 538 g/mol. The van der Waals surface area contributed by atoms with Crippen LogP contribution in [0.5, 0.6) is 0 Å². The van der Waals surface area contributed by atoms with Crippen molar-refractivity contribution < 1.29 is 19.0 Å². The first-order valence-electron chi connectivity index (χ1n) is 17.6. The van der Waals surface area contributed by atoms with Crippen molar-refractivity contribution in [3.05, 3.63) is 35.7 Å². The van der Waals surface area contributed by atoms with Gasteiger partial charge in [0.2, 0.25) is 0 Å². The minimum Gasteiger partial charge on any atom is -0.462 e. The smallest absolute Gasteiger partial charge is 0.306 e. The summed E-state index contributed by atoms with van der Waals surface area (Å²) < 4.78 is 18.3. The van der Waals surface area contributed by atoms with Gasteiger partial charge in [-0.15, -0.1) is 0 Å². The van der Waals surface area contributed by atoms with Gasteiger partial charge in [-0.3, -0.25) is 4.79 Å². The Bertz CT molecular complexity index is 824. The fraction of sp³-hybridized carbons (Fsp3) is 0.806. The summed E-state index contributed by atoms with van der Waals surface area (Å²) in [7, 11) is 1.95. The Morgan fingerprint density at radius 2 is 1.40 bits per heavy atom. The topological polar surface area (TPSA) is 80.9 Å². The monoisotopic (exact) mass is 603 g/mol. The summed E-state index contributed by atoms with van der Waals surface area (Å²) in [5.41, 5.74) is 4.04. The second-order valence-corrected chi connectivity index (χ2v) is 12.7. The number of rotatable bonds is 26. The van der Waals surface area contributed by atoms with Gasteiger partial charge in [0.1, 0.15) is 6.10 Å². The van der Waals surface area contributed by atoms with Gasteiger partial charge in [-0.25, -0.2) is 0 Å². The van der Waals surface area contributed by atoms with Gasteiger partial charge in [0, 0.05) is 56.3 Å². The Hall–Kier alpha value is -1.83. The molecule has 0 spiro atoms. The summed E-state index contributed by atoms with van der Waals surface area (Å²) in [5, 5.41) is 10.3. The third-order valence-corrected chi connectivity index (χ3v) is 8.63. The maximum Gasteiger partial charge on any atom is 0.306 e. The van der Waals surface area contributed by atoms with Crippen molar-refractivity contribution in [2.45, 2.75) is 148 Å². The summed E-state index contributed by atoms with van der Waals surface area (Å²) in [5.74, 6) is 0.320. The summed E-state index contributed by atoms with van der Waals surface area (Å²) in [6, 6.07) is 0.233. The van der Waals surface area contributed by atoms with E-state index in [-0.39, 0.29) is 24.4 Å². The van der Waals surface area contributed by atoms with Crippen LogP contribution in [-0.2, 0) is 19.0 Å². The zero-order valence-corrected chi connectivity index (χ0v) is 28.2. The molecule has 2 aliphatic rings. The van der Waals surface area contributed by atoms with Crippen LogP contribution in [0.1, 0.15) is 130 Å². The molecular formula is C36H65N3O4. The van der Waals surface area contributed by atoms with Crippen molar-refractivity contribution in [2.75, 3.05) is 33.4 Å². The predicted molar refractivity (Wildman–Crippen MR) is 179 cm³/mol. The maximum atomic E-state index is 13.0. The Kier molecular flexibility index (Phi) is 19.7. The lowest BCUT2D eigenvalue weighted by molar-refractivity contribution is -0.164. The van der Waals surface area contributed by atoms with E-state index in [0.717, 1.165) is 67.7 Å². The highest BCUT2D eigenvalue weighted by molar-refractivity contribution is 5.69. The minimum atomic E-state index is -0.336. The third kappa shape index (κ3) is 15.1. The average Bonchev–Trinajstić information content (AvgIpc) is 2.99. The quantitative estimate of drug-likeness (QED) is 0.0531. The summed E-state index contributed by atoms with van der Waals surface area (Å²) >= 11 is 0. The van der Waals surface area contributed by atoms with Crippen molar-refractivity contribution in [1.29, 1.82) is 0 Å². The van der Waals surface area contributed by atoms with E-state index in [0.29, 0.717) is 32.0 Å². The lowest BCUT2D eigenvalue weighted by atomic mass is 9.82. The van der Waals surface area contributed by atoms with Crippen LogP contribution in [-0.4, -0.2) is 57.8 Å². The van der Waals surface area contributed by atoms with Crippen LogP contribution < -0.4 is 16.0 Å². The first kappa shape index (κ1) is 37.4. The number of allylic oxidation sites excluding steroid dienone is 2. The van der Waals surface area contributed by atoms with E-state index in [1.54, 1.807) is 0 Å². The van der Waals surface area contributed by atoms with Crippen LogP contribution in [0.2, 0.25) is 0 Å². The van der Waals surface area contributed by atoms with Crippen LogP contribution in [0.15, 0.2) is 35.7 Å². The molecule has 3 N–H and O–H groups in total. The average molecular weight is 604 g/mol. The molecule has 2 aliphatic carbocycles. The fourth-order valence-electron chi connectivity index (χ4n) is 6.06. The first-order valence-corrected chi connectivity index (χ1v) is 17.6. The second kappa shape index (κ2) is 22.6. The van der Waals surface area contributed by atoms with Crippen molar-refractivity contribution in [3.63, 3.8) is 0 Å². The molecule has 0 aromatic rings. The van der Waals surface area contributed by atoms with Crippen molar-refractivity contribution in [2.24, 2.45) is 5.92 Å². The van der Waals surface area contributed by atoms with Gasteiger partial charge in [0.05, 0.1) is 17.8 Å². The number of carbonyl (C=O) groups is 1. The maximum absolute atomic E-state index is 13.0. The number of ether oxygens (including phenoxy) is 3. The molecule has 0 aromatic heterocycles. The van der Waals surface area contributed by atoms with E-state index in [2.05, 4.69) is 49.9 Å². The zero-order valence-electron chi connectivity index (χ0n) is 28.2. The summed E-state index contributed by atoms with van der Waals surface area (Å²) in [6.45, 7) is 18.2. The van der Waals surface area contributed by atoms with E-state index in [9.17, 15) is 4.79 Å². The molecule has 0 radical (unpaired) electrons. The largest absolute Gasteiger partial charge is 0.462 e. The Labute approximate surface area is 264 Å². The van der Waals surface area contributed by atoms with Gasteiger partial charge >= 0.3 is 5.97 Å². The molecule has 0 heterocycles. The van der Waals surface area contributed by atoms with Gasteiger partial charge in [-0.2, -0.15) is 0 Å². The standard InChI is InChI=1S/C36H65N3O4/c1-7-9-11-13-15-17-23-41-34(42-24-18-16-14-12-10-8-2)20-19-33(40)43-32-26-28(3)25-31(27-32)39-36-30(5)29(4)35(36)38-22-21-37-6/h28,31-32,34,37-39H,4-5,7-27H2,1-3,6H3. The van der Waals surface area contributed by atoms with Gasteiger partial charge in [-0.1, -0.05) is 98.1 Å². The lowest BCUT2D eigenvalue weighted by Crippen LogP contribution is -2.44. The predicted octanol–water partition coefficient (Wildman–Crippen LogP) is 7.68. The molecule has 7 nitrogen and oxygen atoms in total. The number of nitrogens with one attached hydrogen (secondary N) is 3. The molecule has 0 aromatic carbocycles. The number of esters is 1. The number of hydrogen-bond donors (Lipinski definition) is 3. The Balaban J connectivity index is 1.80. The molecule has 248 valence electrons. The van der Waals surface area contributed by atoms with Crippen LogP contribution >= 0.6 is 0 Å². The molecule has 0 saturated heterocycles. The summed E-state index contributed by atoms with van der Waals surface area (Å²) in [4.78, 5) is 13.0. The van der Waals surface area contributed by atoms with E-state index < -0.39 is 0 Å².